The lowest BCUT2D eigenvalue weighted by Gasteiger charge is -1.95. The summed E-state index contributed by atoms with van der Waals surface area (Å²) in [5.74, 6) is 0.259. The van der Waals surface area contributed by atoms with Crippen LogP contribution in [0.1, 0.15) is 5.69 Å². The van der Waals surface area contributed by atoms with Crippen molar-refractivity contribution in [2.24, 2.45) is 0 Å². The van der Waals surface area contributed by atoms with Gasteiger partial charge in [0.15, 0.2) is 5.65 Å². The molecule has 17 heavy (non-hydrogen) atoms. The van der Waals surface area contributed by atoms with Gasteiger partial charge >= 0.3 is 0 Å². The number of imidazole rings is 1. The Kier molecular flexibility index (Phi) is 2.08. The van der Waals surface area contributed by atoms with Gasteiger partial charge in [0.25, 0.3) is 0 Å². The molecular formula is C13H11N3O. The van der Waals surface area contributed by atoms with Crippen LogP contribution in [0.3, 0.4) is 0 Å². The second-order valence-electron chi connectivity index (χ2n) is 3.97. The van der Waals surface area contributed by atoms with E-state index in [1.54, 1.807) is 18.3 Å². The highest BCUT2D eigenvalue weighted by molar-refractivity contribution is 5.62. The maximum absolute atomic E-state index is 9.24. The summed E-state index contributed by atoms with van der Waals surface area (Å²) in [7, 11) is 0. The third-order valence-corrected chi connectivity index (χ3v) is 2.63. The van der Waals surface area contributed by atoms with E-state index >= 15 is 0 Å². The number of hydrogen-bond acceptors (Lipinski definition) is 3. The predicted molar refractivity (Wildman–Crippen MR) is 64.8 cm³/mol. The molecule has 1 N–H and O–H groups in total. The fourth-order valence-corrected chi connectivity index (χ4v) is 1.77. The van der Waals surface area contributed by atoms with Crippen LogP contribution in [0, 0.1) is 6.92 Å². The number of fused-ring (bicyclic) bond motifs is 1. The molecule has 0 radical (unpaired) electrons. The minimum Gasteiger partial charge on any atom is -0.508 e. The van der Waals surface area contributed by atoms with E-state index in [9.17, 15) is 5.11 Å². The second-order valence-corrected chi connectivity index (χ2v) is 3.97. The Balaban J connectivity index is 2.14. The highest BCUT2D eigenvalue weighted by Crippen LogP contribution is 2.21. The molecule has 4 heteroatoms. The van der Waals surface area contributed by atoms with Crippen LogP contribution in [0.4, 0.5) is 0 Å². The van der Waals surface area contributed by atoms with Gasteiger partial charge in [-0.05, 0) is 31.2 Å². The third-order valence-electron chi connectivity index (χ3n) is 2.63. The van der Waals surface area contributed by atoms with E-state index in [-0.39, 0.29) is 5.75 Å². The molecule has 0 aliphatic rings. The van der Waals surface area contributed by atoms with Gasteiger partial charge in [-0.1, -0.05) is 0 Å². The summed E-state index contributed by atoms with van der Waals surface area (Å²) >= 11 is 0. The van der Waals surface area contributed by atoms with Crippen LogP contribution < -0.4 is 0 Å². The lowest BCUT2D eigenvalue weighted by atomic mass is 10.2. The normalized spacial score (nSPS) is 10.9. The van der Waals surface area contributed by atoms with Crippen molar-refractivity contribution < 1.29 is 5.11 Å². The Morgan fingerprint density at radius 1 is 1.12 bits per heavy atom. The van der Waals surface area contributed by atoms with Crippen molar-refractivity contribution in [2.45, 2.75) is 6.92 Å². The molecular weight excluding hydrogens is 214 g/mol. The fraction of sp³-hybridized carbons (Fsp3) is 0.0769. The van der Waals surface area contributed by atoms with Crippen molar-refractivity contribution in [3.8, 4) is 17.0 Å². The average molecular weight is 225 g/mol. The van der Waals surface area contributed by atoms with Gasteiger partial charge in [0.2, 0.25) is 0 Å². The molecule has 0 unspecified atom stereocenters. The van der Waals surface area contributed by atoms with E-state index in [1.807, 2.05) is 35.9 Å². The monoisotopic (exact) mass is 225 g/mol. The summed E-state index contributed by atoms with van der Waals surface area (Å²) in [6.45, 7) is 1.94. The SMILES string of the molecule is Cc1cn2cc(-c3ccc(O)cc3)nc2cn1. The van der Waals surface area contributed by atoms with Gasteiger partial charge in [-0.2, -0.15) is 0 Å². The van der Waals surface area contributed by atoms with Crippen molar-refractivity contribution in [3.05, 3.63) is 48.5 Å². The minimum atomic E-state index is 0.259. The molecule has 0 aliphatic carbocycles. The topological polar surface area (TPSA) is 50.4 Å². The van der Waals surface area contributed by atoms with E-state index in [1.165, 1.54) is 0 Å². The number of phenolic OH excluding ortho intramolecular Hbond substituents is 1. The quantitative estimate of drug-likeness (QED) is 0.691. The largest absolute Gasteiger partial charge is 0.508 e. The lowest BCUT2D eigenvalue weighted by molar-refractivity contribution is 0.475. The Morgan fingerprint density at radius 3 is 2.65 bits per heavy atom. The van der Waals surface area contributed by atoms with Crippen LogP contribution in [0.15, 0.2) is 42.9 Å². The molecule has 3 aromatic rings. The molecule has 3 rings (SSSR count). The van der Waals surface area contributed by atoms with Gasteiger partial charge < -0.3 is 9.51 Å². The van der Waals surface area contributed by atoms with E-state index < -0.39 is 0 Å². The molecule has 0 saturated carbocycles. The van der Waals surface area contributed by atoms with Crippen molar-refractivity contribution in [1.29, 1.82) is 0 Å². The summed E-state index contributed by atoms with van der Waals surface area (Å²) in [5.41, 5.74) is 3.62. The first-order valence-electron chi connectivity index (χ1n) is 5.33. The molecule has 0 amide bonds. The molecule has 84 valence electrons. The predicted octanol–water partition coefficient (Wildman–Crippen LogP) is 2.41. The summed E-state index contributed by atoms with van der Waals surface area (Å²) in [5, 5.41) is 9.24. The van der Waals surface area contributed by atoms with E-state index in [0.717, 1.165) is 22.6 Å². The van der Waals surface area contributed by atoms with Crippen LogP contribution in [0.25, 0.3) is 16.9 Å². The molecule has 1 aromatic carbocycles. The van der Waals surface area contributed by atoms with Crippen LogP contribution in [-0.4, -0.2) is 19.5 Å². The number of benzene rings is 1. The second kappa shape index (κ2) is 3.59. The van der Waals surface area contributed by atoms with Crippen molar-refractivity contribution in [2.75, 3.05) is 0 Å². The van der Waals surface area contributed by atoms with Gasteiger partial charge in [-0.3, -0.25) is 4.98 Å². The van der Waals surface area contributed by atoms with Crippen molar-refractivity contribution >= 4 is 5.65 Å². The molecule has 0 saturated heterocycles. The maximum Gasteiger partial charge on any atom is 0.155 e. The zero-order valence-electron chi connectivity index (χ0n) is 9.33. The molecule has 2 aromatic heterocycles. The fourth-order valence-electron chi connectivity index (χ4n) is 1.77. The Labute approximate surface area is 98.2 Å². The molecule has 0 spiro atoms. The summed E-state index contributed by atoms with van der Waals surface area (Å²) < 4.78 is 1.95. The molecule has 4 nitrogen and oxygen atoms in total. The first-order valence-corrected chi connectivity index (χ1v) is 5.33. The zero-order valence-corrected chi connectivity index (χ0v) is 9.33. The number of aromatic nitrogens is 3. The molecule has 0 bridgehead atoms. The third kappa shape index (κ3) is 1.73. The van der Waals surface area contributed by atoms with Gasteiger partial charge in [0.05, 0.1) is 17.6 Å². The van der Waals surface area contributed by atoms with Crippen molar-refractivity contribution in [3.63, 3.8) is 0 Å². The van der Waals surface area contributed by atoms with Crippen LogP contribution >= 0.6 is 0 Å². The van der Waals surface area contributed by atoms with Crippen LogP contribution in [0.2, 0.25) is 0 Å². The van der Waals surface area contributed by atoms with Crippen LogP contribution in [-0.2, 0) is 0 Å². The van der Waals surface area contributed by atoms with Gasteiger partial charge in [-0.25, -0.2) is 4.98 Å². The number of phenols is 1. The average Bonchev–Trinajstić information content (AvgIpc) is 2.72. The summed E-state index contributed by atoms with van der Waals surface area (Å²) in [6, 6.07) is 7.00. The number of rotatable bonds is 1. The lowest BCUT2D eigenvalue weighted by Crippen LogP contribution is -1.87. The smallest absolute Gasteiger partial charge is 0.155 e. The molecule has 0 fully saturated rings. The zero-order chi connectivity index (χ0) is 11.8. The highest BCUT2D eigenvalue weighted by Gasteiger charge is 2.04. The number of aromatic hydroxyl groups is 1. The van der Waals surface area contributed by atoms with Crippen molar-refractivity contribution in [1.82, 2.24) is 14.4 Å². The van der Waals surface area contributed by atoms with E-state index in [4.69, 9.17) is 0 Å². The summed E-state index contributed by atoms with van der Waals surface area (Å²) in [6.07, 6.45) is 5.64. The van der Waals surface area contributed by atoms with E-state index in [2.05, 4.69) is 9.97 Å². The first kappa shape index (κ1) is 9.84. The Bertz CT molecular complexity index is 671. The molecule has 2 heterocycles. The number of nitrogens with zero attached hydrogens (tertiary/aromatic N) is 3. The van der Waals surface area contributed by atoms with Gasteiger partial charge in [-0.15, -0.1) is 0 Å². The number of aryl methyl sites for hydroxylation is 1. The molecule has 0 aliphatic heterocycles. The standard InChI is InChI=1S/C13H11N3O/c1-9-7-16-8-12(15-13(16)6-14-9)10-2-4-11(17)5-3-10/h2-8,17H,1H3. The highest BCUT2D eigenvalue weighted by atomic mass is 16.3. The van der Waals surface area contributed by atoms with Gasteiger partial charge in [0.1, 0.15) is 5.75 Å². The first-order chi connectivity index (χ1) is 8.22. The minimum absolute atomic E-state index is 0.259. The Morgan fingerprint density at radius 2 is 1.88 bits per heavy atom. The molecule has 0 atom stereocenters. The Hall–Kier alpha value is -2.36. The summed E-state index contributed by atoms with van der Waals surface area (Å²) in [4.78, 5) is 8.68. The van der Waals surface area contributed by atoms with Gasteiger partial charge in [0, 0.05) is 18.0 Å². The van der Waals surface area contributed by atoms with Crippen LogP contribution in [0.5, 0.6) is 5.75 Å². The number of hydrogen-bond donors (Lipinski definition) is 1. The maximum atomic E-state index is 9.24. The van der Waals surface area contributed by atoms with E-state index in [0.29, 0.717) is 0 Å².